The number of hydrogen-bond donors (Lipinski definition) is 4. The molecule has 60 heavy (non-hydrogen) atoms. The van der Waals surface area contributed by atoms with Gasteiger partial charge in [-0.3, -0.25) is 39.4 Å². The summed E-state index contributed by atoms with van der Waals surface area (Å²) >= 11 is 5.64. The van der Waals surface area contributed by atoms with Gasteiger partial charge < -0.3 is 21.3 Å². The largest absolute Gasteiger partial charge is 0.481 e. The van der Waals surface area contributed by atoms with E-state index in [1.807, 2.05) is 6.92 Å². The molecule has 0 bridgehead atoms. The van der Waals surface area contributed by atoms with E-state index in [2.05, 4.69) is 35.5 Å². The Bertz CT molecular complexity index is 2440. The number of nitrogens with one attached hydrogen (secondary N) is 1. The maximum absolute atomic E-state index is 11.0. The summed E-state index contributed by atoms with van der Waals surface area (Å²) in [6.07, 6.45) is 7.72. The number of nitro groups is 2. The quantitative estimate of drug-likeness (QED) is 0.0347. The fourth-order valence-corrected chi connectivity index (χ4v) is 4.27. The summed E-state index contributed by atoms with van der Waals surface area (Å²) in [5.41, 5.74) is 10.4. The van der Waals surface area contributed by atoms with Crippen molar-refractivity contribution in [2.24, 2.45) is 0 Å². The minimum absolute atomic E-state index is 0. The van der Waals surface area contributed by atoms with E-state index >= 15 is 0 Å². The summed E-state index contributed by atoms with van der Waals surface area (Å²) in [5, 5.41) is 47.5. The first kappa shape index (κ1) is 50.7. The van der Waals surface area contributed by atoms with Crippen LogP contribution in [0.5, 0.6) is 0 Å². The molecule has 0 amide bonds. The van der Waals surface area contributed by atoms with E-state index in [1.54, 1.807) is 57.4 Å². The molecule has 0 aliphatic heterocycles. The molecule has 4 heterocycles. The molecule has 0 saturated carbocycles. The average molecular weight is 940 g/mol. The zero-order valence-corrected chi connectivity index (χ0v) is 34.8. The van der Waals surface area contributed by atoms with Crippen LogP contribution < -0.4 is 11.1 Å². The molecule has 6 rings (SSSR count). The van der Waals surface area contributed by atoms with Gasteiger partial charge in [-0.25, -0.2) is 19.3 Å². The molecule has 0 radical (unpaired) electrons. The second-order valence-electron chi connectivity index (χ2n) is 11.6. The summed E-state index contributed by atoms with van der Waals surface area (Å²) in [5.74, 6) is -0.398. The van der Waals surface area contributed by atoms with E-state index in [9.17, 15) is 29.8 Å². The molecule has 0 fully saturated rings. The number of carbonyl (C=O) groups excluding carboxylic acids is 2. The molecule has 0 spiro atoms. The number of aromatic nitrogens is 8. The Kier molecular flexibility index (Phi) is 20.6. The Hall–Kier alpha value is -7.35. The zero-order valence-electron chi connectivity index (χ0n) is 32.5. The molecule has 0 unspecified atom stereocenters. The number of nitrogen functional groups attached to an aromatic ring is 1. The standard InChI is InChI=1S/C16H14N6O3.C9H7ClN4O.C7H8N2O2.2C2H4O2.Pd/c1-10-3-4-13(22(24)25)7-14(10)18-16-17-6-5-15(19-16)21-8-12(9-23)11(2)20-21;1-6-7(5-15)4-14(13-6)8-2-3-11-9(10)12-8;1-5-2-3-6(9(10)11)4-7(5)8;2*1-2(3)4;/h3-9H,1-2H3,(H,17,18,19);2-5H,1H3;2-4H,8H2,1H3;2*1H3,(H,3,4);. The molecule has 0 atom stereocenters. The average Bonchev–Trinajstić information content (AvgIpc) is 3.75. The Morgan fingerprint density at radius 2 is 1.18 bits per heavy atom. The van der Waals surface area contributed by atoms with Gasteiger partial charge in [0, 0.05) is 101 Å². The van der Waals surface area contributed by atoms with Crippen LogP contribution in [0.15, 0.2) is 73.3 Å². The van der Waals surface area contributed by atoms with Crippen molar-refractivity contribution in [2.75, 3.05) is 11.1 Å². The molecule has 2 aromatic carbocycles. The number of aliphatic carboxylic acids is 2. The molecular formula is C36H37ClN12O10Pd. The fourth-order valence-electron chi connectivity index (χ4n) is 4.12. The summed E-state index contributed by atoms with van der Waals surface area (Å²) in [7, 11) is 0. The molecule has 22 nitrogen and oxygen atoms in total. The number of hydrogen-bond acceptors (Lipinski definition) is 16. The van der Waals surface area contributed by atoms with Crippen LogP contribution in [-0.4, -0.2) is 84.1 Å². The van der Waals surface area contributed by atoms with Crippen molar-refractivity contribution in [3.8, 4) is 11.6 Å². The molecule has 24 heteroatoms. The van der Waals surface area contributed by atoms with Crippen molar-refractivity contribution in [1.29, 1.82) is 0 Å². The third-order valence-electron chi connectivity index (χ3n) is 7.00. The number of halogens is 1. The topological polar surface area (TPSA) is 320 Å². The Balaban J connectivity index is 0.000000438. The SMILES string of the molecule is CC(=O)O.CC(=O)O.Cc1ccc([N+](=O)[O-])cc1N.Cc1ccc([N+](=O)[O-])cc1Nc1nccc(-n2cc(C=O)c(C)n2)n1.Cc1nn(-c2ccnc(Cl)n2)cc1C=O.[Pd]. The van der Waals surface area contributed by atoms with Gasteiger partial charge in [-0.2, -0.15) is 20.2 Å². The van der Waals surface area contributed by atoms with Crippen molar-refractivity contribution in [3.63, 3.8) is 0 Å². The molecule has 5 N–H and O–H groups in total. The minimum Gasteiger partial charge on any atom is -0.481 e. The van der Waals surface area contributed by atoms with E-state index < -0.39 is 21.8 Å². The molecule has 0 aliphatic rings. The summed E-state index contributed by atoms with van der Waals surface area (Å²) in [6.45, 7) is 9.28. The number of benzene rings is 2. The minimum atomic E-state index is -0.833. The third-order valence-corrected chi connectivity index (χ3v) is 7.18. The van der Waals surface area contributed by atoms with Gasteiger partial charge >= 0.3 is 0 Å². The molecular weight excluding hydrogens is 902 g/mol. The first-order chi connectivity index (χ1) is 27.7. The van der Waals surface area contributed by atoms with Gasteiger partial charge in [0.1, 0.15) is 0 Å². The first-order valence-electron chi connectivity index (χ1n) is 16.5. The molecule has 0 aliphatic carbocycles. The van der Waals surface area contributed by atoms with Crippen LogP contribution in [0.1, 0.15) is 57.1 Å². The van der Waals surface area contributed by atoms with Crippen LogP contribution in [0, 0.1) is 47.9 Å². The van der Waals surface area contributed by atoms with Crippen LogP contribution in [0.4, 0.5) is 28.7 Å². The van der Waals surface area contributed by atoms with E-state index in [1.165, 1.54) is 46.0 Å². The van der Waals surface area contributed by atoms with Crippen LogP contribution in [0.2, 0.25) is 5.28 Å². The van der Waals surface area contributed by atoms with Crippen LogP contribution in [-0.2, 0) is 30.0 Å². The second-order valence-corrected chi connectivity index (χ2v) is 11.9. The van der Waals surface area contributed by atoms with Gasteiger partial charge in [0.25, 0.3) is 23.3 Å². The van der Waals surface area contributed by atoms with Crippen molar-refractivity contribution >= 4 is 64.8 Å². The number of anilines is 3. The number of nitro benzene ring substituents is 2. The molecule has 318 valence electrons. The van der Waals surface area contributed by atoms with Gasteiger partial charge in [-0.15, -0.1) is 0 Å². The van der Waals surface area contributed by atoms with Gasteiger partial charge in [0.2, 0.25) is 11.2 Å². The van der Waals surface area contributed by atoms with Gasteiger partial charge in [-0.05, 0) is 50.4 Å². The smallest absolute Gasteiger partial charge is 0.300 e. The number of non-ortho nitro benzene ring substituents is 2. The van der Waals surface area contributed by atoms with Gasteiger partial charge in [-0.1, -0.05) is 12.1 Å². The summed E-state index contributed by atoms with van der Waals surface area (Å²) in [4.78, 5) is 76.0. The maximum atomic E-state index is 11.0. The monoisotopic (exact) mass is 938 g/mol. The number of rotatable bonds is 8. The van der Waals surface area contributed by atoms with E-state index in [-0.39, 0.29) is 43.0 Å². The van der Waals surface area contributed by atoms with Crippen molar-refractivity contribution in [1.82, 2.24) is 39.5 Å². The molecule has 6 aromatic rings. The van der Waals surface area contributed by atoms with E-state index in [0.29, 0.717) is 45.5 Å². The number of aryl methyl sites for hydroxylation is 4. The van der Waals surface area contributed by atoms with E-state index in [4.69, 9.17) is 37.1 Å². The second kappa shape index (κ2) is 24.4. The van der Waals surface area contributed by atoms with Gasteiger partial charge in [0.05, 0.1) is 38.0 Å². The predicted octanol–water partition coefficient (Wildman–Crippen LogP) is 5.84. The maximum Gasteiger partial charge on any atom is 0.300 e. The Morgan fingerprint density at radius 1 is 0.750 bits per heavy atom. The number of carboxylic acid groups (broad SMARTS) is 2. The first-order valence-corrected chi connectivity index (χ1v) is 16.9. The predicted molar refractivity (Wildman–Crippen MR) is 214 cm³/mol. The zero-order chi connectivity index (χ0) is 44.4. The summed E-state index contributed by atoms with van der Waals surface area (Å²) < 4.78 is 2.97. The van der Waals surface area contributed by atoms with Crippen LogP contribution in [0.25, 0.3) is 11.6 Å². The van der Waals surface area contributed by atoms with E-state index in [0.717, 1.165) is 37.5 Å². The Labute approximate surface area is 359 Å². The van der Waals surface area contributed by atoms with Crippen molar-refractivity contribution in [3.05, 3.63) is 132 Å². The van der Waals surface area contributed by atoms with Crippen molar-refractivity contribution < 1.29 is 59.7 Å². The molecule has 4 aromatic heterocycles. The Morgan fingerprint density at radius 3 is 1.60 bits per heavy atom. The van der Waals surface area contributed by atoms with Crippen molar-refractivity contribution in [2.45, 2.75) is 41.5 Å². The number of nitrogens with zero attached hydrogens (tertiary/aromatic N) is 10. The van der Waals surface area contributed by atoms with Crippen LogP contribution >= 0.6 is 11.6 Å². The number of carbonyl (C=O) groups is 4. The fraction of sp³-hybridized carbons (Fsp3) is 0.167. The number of nitrogens with two attached hydrogens (primary N) is 1. The third kappa shape index (κ3) is 16.6. The van der Waals surface area contributed by atoms with Gasteiger partial charge in [0.15, 0.2) is 24.2 Å². The summed E-state index contributed by atoms with van der Waals surface area (Å²) in [6, 6.07) is 12.2. The number of carboxylic acids is 2. The molecule has 0 saturated heterocycles. The van der Waals surface area contributed by atoms with Crippen LogP contribution in [0.3, 0.4) is 0 Å². The number of aldehydes is 2. The normalized spacial score (nSPS) is 9.52.